The molecule has 1 aliphatic carbocycles. The quantitative estimate of drug-likeness (QED) is 0.485. The Bertz CT molecular complexity index is 1080. The van der Waals surface area contributed by atoms with E-state index in [2.05, 4.69) is 48.3 Å². The van der Waals surface area contributed by atoms with E-state index in [0.29, 0.717) is 11.7 Å². The van der Waals surface area contributed by atoms with Crippen LogP contribution in [0.3, 0.4) is 0 Å². The standard InChI is InChI=1S/C27H32N2O3S/c1-18(2)19-9-11-20(12-10-19)25(29-13-16-31-17-14-29)24-21-6-3-4-8-23(21)33-27(24)28-26(30)22-7-5-15-32-22/h5,7,9-12,15,18,25H,3-4,6,8,13-14,16-17H2,1-2H3,(H,28,30)/t25-/m1/s1. The number of thiophene rings is 1. The van der Waals surface area contributed by atoms with E-state index < -0.39 is 0 Å². The van der Waals surface area contributed by atoms with Crippen molar-refractivity contribution in [2.24, 2.45) is 0 Å². The van der Waals surface area contributed by atoms with Gasteiger partial charge in [-0.1, -0.05) is 38.1 Å². The van der Waals surface area contributed by atoms with Gasteiger partial charge in [0.2, 0.25) is 0 Å². The number of carbonyl (C=O) groups is 1. The van der Waals surface area contributed by atoms with Crippen molar-refractivity contribution in [1.82, 2.24) is 4.90 Å². The molecule has 3 aromatic rings. The number of morpholine rings is 1. The van der Waals surface area contributed by atoms with Gasteiger partial charge in [-0.05, 0) is 60.4 Å². The number of anilines is 1. The SMILES string of the molecule is CC(C)c1ccc([C@H](c2c(NC(=O)c3ccco3)sc3c2CCCC3)N2CCOCC2)cc1. The average Bonchev–Trinajstić information content (AvgIpc) is 3.49. The molecule has 0 saturated carbocycles. The molecule has 5 rings (SSSR count). The number of hydrogen-bond donors (Lipinski definition) is 1. The first kappa shape index (κ1) is 22.4. The van der Waals surface area contributed by atoms with Crippen molar-refractivity contribution >= 4 is 22.2 Å². The largest absolute Gasteiger partial charge is 0.459 e. The van der Waals surface area contributed by atoms with Crippen LogP contribution in [0.15, 0.2) is 47.1 Å². The molecule has 1 N–H and O–H groups in total. The molecule has 0 radical (unpaired) electrons. The minimum atomic E-state index is -0.185. The first-order chi connectivity index (χ1) is 16.1. The number of aryl methyl sites for hydroxylation is 1. The van der Waals surface area contributed by atoms with Gasteiger partial charge in [0.25, 0.3) is 5.91 Å². The van der Waals surface area contributed by atoms with E-state index in [4.69, 9.17) is 9.15 Å². The fraction of sp³-hybridized carbons (Fsp3) is 0.444. The molecule has 1 amide bonds. The van der Waals surface area contributed by atoms with E-state index in [1.54, 1.807) is 29.7 Å². The number of nitrogens with one attached hydrogen (secondary N) is 1. The normalized spacial score (nSPS) is 17.7. The second-order valence-electron chi connectivity index (χ2n) is 9.26. The summed E-state index contributed by atoms with van der Waals surface area (Å²) in [7, 11) is 0. The molecule has 1 aromatic carbocycles. The van der Waals surface area contributed by atoms with Gasteiger partial charge in [-0.2, -0.15) is 0 Å². The third kappa shape index (κ3) is 4.65. The van der Waals surface area contributed by atoms with Gasteiger partial charge in [-0.15, -0.1) is 11.3 Å². The summed E-state index contributed by atoms with van der Waals surface area (Å²) in [5, 5.41) is 4.18. The van der Waals surface area contributed by atoms with E-state index in [1.165, 1.54) is 40.0 Å². The molecule has 0 spiro atoms. The fourth-order valence-electron chi connectivity index (χ4n) is 5.00. The van der Waals surface area contributed by atoms with Crippen LogP contribution in [-0.4, -0.2) is 37.1 Å². The first-order valence-electron chi connectivity index (χ1n) is 12.0. The van der Waals surface area contributed by atoms with Crippen LogP contribution in [0, 0.1) is 0 Å². The second-order valence-corrected chi connectivity index (χ2v) is 10.4. The maximum Gasteiger partial charge on any atom is 0.291 e. The van der Waals surface area contributed by atoms with Gasteiger partial charge >= 0.3 is 0 Å². The molecule has 0 bridgehead atoms. The average molecular weight is 465 g/mol. The second kappa shape index (κ2) is 9.84. The van der Waals surface area contributed by atoms with Gasteiger partial charge < -0.3 is 14.5 Å². The summed E-state index contributed by atoms with van der Waals surface area (Å²) in [6, 6.07) is 12.6. The number of fused-ring (bicyclic) bond motifs is 1. The molecule has 1 saturated heterocycles. The van der Waals surface area contributed by atoms with Gasteiger partial charge in [0.15, 0.2) is 5.76 Å². The van der Waals surface area contributed by atoms with Gasteiger partial charge in [0.1, 0.15) is 5.00 Å². The number of furan rings is 1. The van der Waals surface area contributed by atoms with Crippen LogP contribution < -0.4 is 5.32 Å². The van der Waals surface area contributed by atoms with Gasteiger partial charge in [0.05, 0.1) is 25.5 Å². The Morgan fingerprint density at radius 1 is 1.03 bits per heavy atom. The molecular formula is C27H32N2O3S. The summed E-state index contributed by atoms with van der Waals surface area (Å²) in [6.45, 7) is 7.69. The Balaban J connectivity index is 1.59. The molecule has 174 valence electrons. The number of hydrogen-bond acceptors (Lipinski definition) is 5. The summed E-state index contributed by atoms with van der Waals surface area (Å²) in [5.74, 6) is 0.658. The zero-order valence-corrected chi connectivity index (χ0v) is 20.2. The third-order valence-electron chi connectivity index (χ3n) is 6.79. The molecule has 33 heavy (non-hydrogen) atoms. The van der Waals surface area contributed by atoms with Crippen LogP contribution in [0.5, 0.6) is 0 Å². The molecular weight excluding hydrogens is 432 g/mol. The van der Waals surface area contributed by atoms with Crippen molar-refractivity contribution in [3.8, 4) is 0 Å². The molecule has 2 aromatic heterocycles. The molecule has 1 fully saturated rings. The van der Waals surface area contributed by atoms with Crippen molar-refractivity contribution in [3.63, 3.8) is 0 Å². The monoisotopic (exact) mass is 464 g/mol. The summed E-state index contributed by atoms with van der Waals surface area (Å²) in [6.07, 6.45) is 6.12. The number of nitrogens with zero attached hydrogens (tertiary/aromatic N) is 1. The Hall–Kier alpha value is -2.41. The van der Waals surface area contributed by atoms with Crippen molar-refractivity contribution in [2.45, 2.75) is 51.5 Å². The highest BCUT2D eigenvalue weighted by Crippen LogP contribution is 2.45. The highest BCUT2D eigenvalue weighted by molar-refractivity contribution is 7.16. The van der Waals surface area contributed by atoms with Crippen LogP contribution >= 0.6 is 11.3 Å². The minimum absolute atomic E-state index is 0.0973. The number of benzene rings is 1. The topological polar surface area (TPSA) is 54.7 Å². The van der Waals surface area contributed by atoms with Crippen molar-refractivity contribution < 1.29 is 13.9 Å². The zero-order valence-electron chi connectivity index (χ0n) is 19.4. The smallest absolute Gasteiger partial charge is 0.291 e. The minimum Gasteiger partial charge on any atom is -0.459 e. The fourth-order valence-corrected chi connectivity index (χ4v) is 6.32. The number of amides is 1. The predicted molar refractivity (Wildman–Crippen MR) is 132 cm³/mol. The Morgan fingerprint density at radius 2 is 1.76 bits per heavy atom. The highest BCUT2D eigenvalue weighted by Gasteiger charge is 2.33. The maximum absolute atomic E-state index is 13.0. The predicted octanol–water partition coefficient (Wildman–Crippen LogP) is 6.02. The molecule has 6 heteroatoms. The van der Waals surface area contributed by atoms with Gasteiger partial charge in [-0.3, -0.25) is 9.69 Å². The van der Waals surface area contributed by atoms with Gasteiger partial charge in [0, 0.05) is 23.5 Å². The molecule has 0 unspecified atom stereocenters. The van der Waals surface area contributed by atoms with E-state index in [0.717, 1.165) is 44.1 Å². The van der Waals surface area contributed by atoms with E-state index in [1.807, 2.05) is 0 Å². The van der Waals surface area contributed by atoms with Crippen molar-refractivity contribution in [1.29, 1.82) is 0 Å². The lowest BCUT2D eigenvalue weighted by Gasteiger charge is -2.36. The van der Waals surface area contributed by atoms with Crippen molar-refractivity contribution in [3.05, 3.63) is 75.6 Å². The summed E-state index contributed by atoms with van der Waals surface area (Å²) in [4.78, 5) is 16.9. The van der Waals surface area contributed by atoms with Gasteiger partial charge in [-0.25, -0.2) is 0 Å². The molecule has 3 heterocycles. The molecule has 2 aliphatic rings. The molecule has 5 nitrogen and oxygen atoms in total. The Morgan fingerprint density at radius 3 is 2.45 bits per heavy atom. The zero-order chi connectivity index (χ0) is 22.8. The molecule has 1 aliphatic heterocycles. The van der Waals surface area contributed by atoms with Crippen LogP contribution in [0.2, 0.25) is 0 Å². The lowest BCUT2D eigenvalue weighted by atomic mass is 9.88. The Kier molecular flexibility index (Phi) is 6.67. The summed E-state index contributed by atoms with van der Waals surface area (Å²) in [5.41, 5.74) is 5.33. The first-order valence-corrected chi connectivity index (χ1v) is 12.8. The lowest BCUT2D eigenvalue weighted by molar-refractivity contribution is 0.0239. The molecule has 1 atom stereocenters. The third-order valence-corrected chi connectivity index (χ3v) is 8.01. The van der Waals surface area contributed by atoms with E-state index in [-0.39, 0.29) is 11.9 Å². The maximum atomic E-state index is 13.0. The summed E-state index contributed by atoms with van der Waals surface area (Å²) < 4.78 is 11.1. The lowest BCUT2D eigenvalue weighted by Crippen LogP contribution is -2.40. The Labute approximate surface area is 199 Å². The number of rotatable bonds is 6. The van der Waals surface area contributed by atoms with E-state index in [9.17, 15) is 4.79 Å². The van der Waals surface area contributed by atoms with Crippen LogP contribution in [-0.2, 0) is 17.6 Å². The van der Waals surface area contributed by atoms with Crippen molar-refractivity contribution in [2.75, 3.05) is 31.6 Å². The van der Waals surface area contributed by atoms with Crippen LogP contribution in [0.1, 0.15) is 76.3 Å². The number of carbonyl (C=O) groups excluding carboxylic acids is 1. The highest BCUT2D eigenvalue weighted by atomic mass is 32.1. The summed E-state index contributed by atoms with van der Waals surface area (Å²) >= 11 is 1.75. The van der Waals surface area contributed by atoms with Crippen LogP contribution in [0.4, 0.5) is 5.00 Å². The van der Waals surface area contributed by atoms with E-state index >= 15 is 0 Å². The number of ether oxygens (including phenoxy) is 1. The van der Waals surface area contributed by atoms with Crippen LogP contribution in [0.25, 0.3) is 0 Å².